The third kappa shape index (κ3) is 6.30. The van der Waals surface area contributed by atoms with Crippen LogP contribution >= 0.6 is 0 Å². The van der Waals surface area contributed by atoms with Gasteiger partial charge < -0.3 is 9.47 Å². The number of hydrogen-bond acceptors (Lipinski definition) is 4. The first-order valence-electron chi connectivity index (χ1n) is 9.18. The largest absolute Gasteiger partial charge is 0.374 e. The van der Waals surface area contributed by atoms with Crippen molar-refractivity contribution in [1.82, 2.24) is 0 Å². The zero-order chi connectivity index (χ0) is 19.7. The minimum absolute atomic E-state index is 0.126. The average Bonchev–Trinajstić information content (AvgIpc) is 2.74. The Morgan fingerprint density at radius 1 is 0.679 bits per heavy atom. The second-order valence-corrected chi connectivity index (χ2v) is 8.55. The highest BCUT2D eigenvalue weighted by Crippen LogP contribution is 2.15. The molecule has 1 atom stereocenters. The molecule has 3 rings (SSSR count). The Morgan fingerprint density at radius 3 is 1.75 bits per heavy atom. The second kappa shape index (κ2) is 10.2. The van der Waals surface area contributed by atoms with Crippen LogP contribution in [0.25, 0.3) is 0 Å². The first kappa shape index (κ1) is 20.3. The van der Waals surface area contributed by atoms with E-state index in [2.05, 4.69) is 0 Å². The summed E-state index contributed by atoms with van der Waals surface area (Å²) < 4.78 is 37.2. The van der Waals surface area contributed by atoms with Gasteiger partial charge in [-0.2, -0.15) is 0 Å². The summed E-state index contributed by atoms with van der Waals surface area (Å²) in [6.07, 6.45) is -0.561. The Kier molecular flexibility index (Phi) is 7.37. The van der Waals surface area contributed by atoms with Gasteiger partial charge in [0.1, 0.15) is 0 Å². The van der Waals surface area contributed by atoms with Crippen LogP contribution in [0.3, 0.4) is 0 Å². The SMILES string of the molecule is O=S(=O)(CC(COCc1ccccc1)OCc1ccccc1)c1ccccc1. The van der Waals surface area contributed by atoms with Crippen LogP contribution in [0.2, 0.25) is 0 Å². The van der Waals surface area contributed by atoms with Gasteiger partial charge in [0.05, 0.1) is 36.6 Å². The standard InChI is InChI=1S/C23H24O4S/c24-28(25,23-14-8-3-9-15-23)19-22(27-17-21-12-6-2-7-13-21)18-26-16-20-10-4-1-5-11-20/h1-15,22H,16-19H2. The molecule has 0 saturated carbocycles. The quantitative estimate of drug-likeness (QED) is 0.514. The van der Waals surface area contributed by atoms with Crippen LogP contribution in [0.1, 0.15) is 11.1 Å². The van der Waals surface area contributed by atoms with Crippen molar-refractivity contribution < 1.29 is 17.9 Å². The van der Waals surface area contributed by atoms with Gasteiger partial charge >= 0.3 is 0 Å². The topological polar surface area (TPSA) is 52.6 Å². The van der Waals surface area contributed by atoms with Gasteiger partial charge in [-0.25, -0.2) is 8.42 Å². The van der Waals surface area contributed by atoms with Crippen molar-refractivity contribution in [3.05, 3.63) is 102 Å². The van der Waals surface area contributed by atoms with E-state index in [4.69, 9.17) is 9.47 Å². The summed E-state index contributed by atoms with van der Waals surface area (Å²) in [6.45, 7) is 0.954. The molecule has 4 nitrogen and oxygen atoms in total. The molecule has 146 valence electrons. The van der Waals surface area contributed by atoms with Crippen molar-refractivity contribution >= 4 is 9.84 Å². The van der Waals surface area contributed by atoms with Gasteiger partial charge in [0, 0.05) is 0 Å². The minimum Gasteiger partial charge on any atom is -0.374 e. The lowest BCUT2D eigenvalue weighted by molar-refractivity contribution is -0.0181. The first-order chi connectivity index (χ1) is 13.6. The van der Waals surface area contributed by atoms with Crippen LogP contribution in [0.5, 0.6) is 0 Å². The molecule has 3 aromatic rings. The van der Waals surface area contributed by atoms with Gasteiger partial charge in [-0.3, -0.25) is 0 Å². The van der Waals surface area contributed by atoms with Gasteiger partial charge in [-0.15, -0.1) is 0 Å². The number of hydrogen-bond donors (Lipinski definition) is 0. The highest BCUT2D eigenvalue weighted by atomic mass is 32.2. The Morgan fingerprint density at radius 2 is 1.18 bits per heavy atom. The summed E-state index contributed by atoms with van der Waals surface area (Å²) in [7, 11) is -3.46. The molecule has 0 radical (unpaired) electrons. The minimum atomic E-state index is -3.46. The van der Waals surface area contributed by atoms with E-state index in [1.54, 1.807) is 30.3 Å². The molecule has 28 heavy (non-hydrogen) atoms. The van der Waals surface area contributed by atoms with E-state index in [-0.39, 0.29) is 12.4 Å². The zero-order valence-electron chi connectivity index (χ0n) is 15.6. The molecule has 0 aliphatic heterocycles. The Hall–Kier alpha value is -2.47. The highest BCUT2D eigenvalue weighted by Gasteiger charge is 2.22. The lowest BCUT2D eigenvalue weighted by Crippen LogP contribution is -2.29. The van der Waals surface area contributed by atoms with Gasteiger partial charge in [-0.1, -0.05) is 78.9 Å². The molecule has 0 bridgehead atoms. The Balaban J connectivity index is 1.64. The molecular formula is C23H24O4S. The predicted molar refractivity (Wildman–Crippen MR) is 110 cm³/mol. The Labute approximate surface area is 166 Å². The van der Waals surface area contributed by atoms with Gasteiger partial charge in [0.25, 0.3) is 0 Å². The van der Waals surface area contributed by atoms with Crippen LogP contribution in [-0.4, -0.2) is 26.9 Å². The molecule has 5 heteroatoms. The summed E-state index contributed by atoms with van der Waals surface area (Å²) >= 11 is 0. The monoisotopic (exact) mass is 396 g/mol. The molecule has 0 fully saturated rings. The number of sulfone groups is 1. The highest BCUT2D eigenvalue weighted by molar-refractivity contribution is 7.91. The molecule has 0 aliphatic rings. The maximum atomic E-state index is 12.8. The molecule has 3 aromatic carbocycles. The maximum absolute atomic E-state index is 12.8. The molecule has 0 aromatic heterocycles. The number of benzene rings is 3. The molecule has 0 N–H and O–H groups in total. The number of ether oxygens (including phenoxy) is 2. The van der Waals surface area contributed by atoms with E-state index < -0.39 is 15.9 Å². The van der Waals surface area contributed by atoms with Gasteiger partial charge in [-0.05, 0) is 23.3 Å². The van der Waals surface area contributed by atoms with Crippen LogP contribution < -0.4 is 0 Å². The fourth-order valence-corrected chi connectivity index (χ4v) is 4.23. The van der Waals surface area contributed by atoms with E-state index in [1.807, 2.05) is 60.7 Å². The summed E-state index contributed by atoms with van der Waals surface area (Å²) in [5, 5.41) is 0. The van der Waals surface area contributed by atoms with Crippen LogP contribution in [0.4, 0.5) is 0 Å². The molecular weight excluding hydrogens is 372 g/mol. The smallest absolute Gasteiger partial charge is 0.181 e. The van der Waals surface area contributed by atoms with Crippen molar-refractivity contribution in [2.24, 2.45) is 0 Å². The van der Waals surface area contributed by atoms with Crippen LogP contribution in [0, 0.1) is 0 Å². The fraction of sp³-hybridized carbons (Fsp3) is 0.217. The average molecular weight is 397 g/mol. The Bertz CT molecular complexity index is 926. The third-order valence-electron chi connectivity index (χ3n) is 4.25. The van der Waals surface area contributed by atoms with E-state index in [0.717, 1.165) is 11.1 Å². The van der Waals surface area contributed by atoms with Gasteiger partial charge in [0.15, 0.2) is 9.84 Å². The van der Waals surface area contributed by atoms with E-state index in [0.29, 0.717) is 18.1 Å². The third-order valence-corrected chi connectivity index (χ3v) is 6.05. The van der Waals surface area contributed by atoms with E-state index in [9.17, 15) is 8.42 Å². The van der Waals surface area contributed by atoms with Crippen LogP contribution in [0.15, 0.2) is 95.9 Å². The molecule has 0 heterocycles. The summed E-state index contributed by atoms with van der Waals surface area (Å²) in [4.78, 5) is 0.298. The zero-order valence-corrected chi connectivity index (χ0v) is 16.4. The first-order valence-corrected chi connectivity index (χ1v) is 10.8. The van der Waals surface area contributed by atoms with Crippen LogP contribution in [-0.2, 0) is 32.5 Å². The summed E-state index contributed by atoms with van der Waals surface area (Å²) in [5.41, 5.74) is 2.03. The van der Waals surface area contributed by atoms with Crippen molar-refractivity contribution in [3.8, 4) is 0 Å². The lowest BCUT2D eigenvalue weighted by atomic mass is 10.2. The molecule has 1 unspecified atom stereocenters. The van der Waals surface area contributed by atoms with Gasteiger partial charge in [0.2, 0.25) is 0 Å². The van der Waals surface area contributed by atoms with E-state index >= 15 is 0 Å². The van der Waals surface area contributed by atoms with Crippen molar-refractivity contribution in [3.63, 3.8) is 0 Å². The molecule has 0 spiro atoms. The van der Waals surface area contributed by atoms with Crippen molar-refractivity contribution in [2.45, 2.75) is 24.2 Å². The number of rotatable bonds is 10. The van der Waals surface area contributed by atoms with E-state index in [1.165, 1.54) is 0 Å². The normalized spacial score (nSPS) is 12.6. The fourth-order valence-electron chi connectivity index (χ4n) is 2.78. The molecule has 0 aliphatic carbocycles. The summed E-state index contributed by atoms with van der Waals surface area (Å²) in [5.74, 6) is -0.126. The maximum Gasteiger partial charge on any atom is 0.181 e. The summed E-state index contributed by atoms with van der Waals surface area (Å²) in [6, 6.07) is 27.9. The lowest BCUT2D eigenvalue weighted by Gasteiger charge is -2.18. The predicted octanol–water partition coefficient (Wildman–Crippen LogP) is 4.26. The van der Waals surface area contributed by atoms with Crippen molar-refractivity contribution in [1.29, 1.82) is 0 Å². The molecule has 0 saturated heterocycles. The van der Waals surface area contributed by atoms with Crippen molar-refractivity contribution in [2.75, 3.05) is 12.4 Å². The second-order valence-electron chi connectivity index (χ2n) is 6.51. The molecule has 0 amide bonds.